The number of nitrogens with zero attached hydrogens (tertiary/aromatic N) is 1. The van der Waals surface area contributed by atoms with Crippen molar-refractivity contribution in [3.05, 3.63) is 45.5 Å². The first-order valence-corrected chi connectivity index (χ1v) is 4.44. The molecule has 0 amide bonds. The molecule has 1 aromatic carbocycles. The highest BCUT2D eigenvalue weighted by Crippen LogP contribution is 2.19. The number of benzene rings is 1. The van der Waals surface area contributed by atoms with Crippen LogP contribution in [0.15, 0.2) is 24.3 Å². The lowest BCUT2D eigenvalue weighted by Gasteiger charge is -2.00. The van der Waals surface area contributed by atoms with Crippen LogP contribution in [0.2, 0.25) is 0 Å². The van der Waals surface area contributed by atoms with Crippen LogP contribution in [0.5, 0.6) is 0 Å². The topological polar surface area (TPSA) is 106 Å². The highest BCUT2D eigenvalue weighted by atomic mass is 16.6. The van der Waals surface area contributed by atoms with Gasteiger partial charge < -0.3 is 10.8 Å². The molecule has 0 atom stereocenters. The first-order chi connectivity index (χ1) is 7.56. The van der Waals surface area contributed by atoms with Gasteiger partial charge >= 0.3 is 5.97 Å². The lowest BCUT2D eigenvalue weighted by molar-refractivity contribution is -0.384. The third-order valence-corrected chi connectivity index (χ3v) is 1.91. The van der Waals surface area contributed by atoms with Gasteiger partial charge in [-0.2, -0.15) is 0 Å². The quantitative estimate of drug-likeness (QED) is 0.589. The van der Waals surface area contributed by atoms with Crippen molar-refractivity contribution in [2.75, 3.05) is 6.54 Å². The maximum Gasteiger partial charge on any atom is 0.336 e. The average Bonchev–Trinajstić information content (AvgIpc) is 2.25. The molecule has 16 heavy (non-hydrogen) atoms. The van der Waals surface area contributed by atoms with Gasteiger partial charge in [0.05, 0.1) is 10.5 Å². The molecule has 0 saturated carbocycles. The van der Waals surface area contributed by atoms with Crippen molar-refractivity contribution in [1.82, 2.24) is 0 Å². The van der Waals surface area contributed by atoms with E-state index in [1.807, 2.05) is 0 Å². The Labute approximate surface area is 91.2 Å². The normalized spacial score (nSPS) is 10.6. The van der Waals surface area contributed by atoms with Crippen molar-refractivity contribution in [1.29, 1.82) is 0 Å². The number of carbonyl (C=O) groups is 1. The molecule has 0 aliphatic carbocycles. The maximum absolute atomic E-state index is 10.9. The number of hydrogen-bond acceptors (Lipinski definition) is 4. The summed E-state index contributed by atoms with van der Waals surface area (Å²) in [6.07, 6.45) is 3.10. The number of hydrogen-bond donors (Lipinski definition) is 2. The highest BCUT2D eigenvalue weighted by molar-refractivity contribution is 5.93. The van der Waals surface area contributed by atoms with Gasteiger partial charge in [0.15, 0.2) is 0 Å². The van der Waals surface area contributed by atoms with Crippen molar-refractivity contribution < 1.29 is 14.8 Å². The molecule has 0 bridgehead atoms. The summed E-state index contributed by atoms with van der Waals surface area (Å²) in [5, 5.41) is 19.4. The maximum atomic E-state index is 10.9. The number of nitro benzene ring substituents is 1. The molecule has 3 N–H and O–H groups in total. The van der Waals surface area contributed by atoms with Crippen LogP contribution in [0.3, 0.4) is 0 Å². The molecule has 0 radical (unpaired) electrons. The van der Waals surface area contributed by atoms with Gasteiger partial charge in [0.25, 0.3) is 5.69 Å². The van der Waals surface area contributed by atoms with Gasteiger partial charge in [0, 0.05) is 18.7 Å². The molecular formula is C10H10N2O4. The van der Waals surface area contributed by atoms with E-state index in [-0.39, 0.29) is 17.8 Å². The fraction of sp³-hybridized carbons (Fsp3) is 0.100. The fourth-order valence-electron chi connectivity index (χ4n) is 1.18. The van der Waals surface area contributed by atoms with E-state index in [9.17, 15) is 14.9 Å². The van der Waals surface area contributed by atoms with E-state index < -0.39 is 10.9 Å². The van der Waals surface area contributed by atoms with Crippen LogP contribution in [0.4, 0.5) is 5.69 Å². The van der Waals surface area contributed by atoms with Crippen LogP contribution in [0.25, 0.3) is 6.08 Å². The Morgan fingerprint density at radius 1 is 1.56 bits per heavy atom. The van der Waals surface area contributed by atoms with Crippen LogP contribution >= 0.6 is 0 Å². The molecule has 0 aliphatic heterocycles. The van der Waals surface area contributed by atoms with E-state index in [4.69, 9.17) is 10.8 Å². The van der Waals surface area contributed by atoms with E-state index in [2.05, 4.69) is 0 Å². The number of rotatable bonds is 4. The lowest BCUT2D eigenvalue weighted by Crippen LogP contribution is -2.01. The van der Waals surface area contributed by atoms with Crippen LogP contribution < -0.4 is 5.73 Å². The molecule has 0 aromatic heterocycles. The molecule has 6 heteroatoms. The first-order valence-electron chi connectivity index (χ1n) is 4.44. The Hall–Kier alpha value is -2.21. The van der Waals surface area contributed by atoms with Crippen LogP contribution in [0.1, 0.15) is 15.9 Å². The van der Waals surface area contributed by atoms with Crippen LogP contribution in [-0.4, -0.2) is 22.5 Å². The zero-order chi connectivity index (χ0) is 12.1. The van der Waals surface area contributed by atoms with Crippen LogP contribution in [-0.2, 0) is 0 Å². The third kappa shape index (κ3) is 2.64. The van der Waals surface area contributed by atoms with E-state index in [1.54, 1.807) is 6.08 Å². The molecular weight excluding hydrogens is 212 g/mol. The van der Waals surface area contributed by atoms with Gasteiger partial charge in [0.1, 0.15) is 0 Å². The Bertz CT molecular complexity index is 454. The highest BCUT2D eigenvalue weighted by Gasteiger charge is 2.14. The second-order valence-corrected chi connectivity index (χ2v) is 2.97. The molecule has 0 heterocycles. The summed E-state index contributed by atoms with van der Waals surface area (Å²) in [7, 11) is 0. The van der Waals surface area contributed by atoms with Gasteiger partial charge in [-0.05, 0) is 11.6 Å². The molecule has 1 rings (SSSR count). The number of nitrogens with two attached hydrogens (primary N) is 1. The second-order valence-electron chi connectivity index (χ2n) is 2.97. The van der Waals surface area contributed by atoms with Crippen molar-refractivity contribution >= 4 is 17.7 Å². The predicted molar refractivity (Wildman–Crippen MR) is 58.1 cm³/mol. The number of carboxylic acids is 1. The smallest absolute Gasteiger partial charge is 0.336 e. The first kappa shape index (κ1) is 11.9. The van der Waals surface area contributed by atoms with Crippen molar-refractivity contribution in [2.24, 2.45) is 5.73 Å². The van der Waals surface area contributed by atoms with E-state index >= 15 is 0 Å². The van der Waals surface area contributed by atoms with Crippen molar-refractivity contribution in [3.8, 4) is 0 Å². The Morgan fingerprint density at radius 3 is 2.75 bits per heavy atom. The Kier molecular flexibility index (Phi) is 3.73. The molecule has 0 unspecified atom stereocenters. The summed E-state index contributed by atoms with van der Waals surface area (Å²) in [5.74, 6) is -1.21. The minimum absolute atomic E-state index is 0.112. The second kappa shape index (κ2) is 5.04. The zero-order valence-electron chi connectivity index (χ0n) is 8.29. The van der Waals surface area contributed by atoms with Crippen molar-refractivity contribution in [3.63, 3.8) is 0 Å². The summed E-state index contributed by atoms with van der Waals surface area (Å²) < 4.78 is 0. The Morgan fingerprint density at radius 2 is 2.25 bits per heavy atom. The lowest BCUT2D eigenvalue weighted by atomic mass is 10.1. The number of aromatic carboxylic acids is 1. The minimum atomic E-state index is -1.21. The largest absolute Gasteiger partial charge is 0.478 e. The molecule has 84 valence electrons. The summed E-state index contributed by atoms with van der Waals surface area (Å²) >= 11 is 0. The summed E-state index contributed by atoms with van der Waals surface area (Å²) in [6, 6.07) is 3.66. The summed E-state index contributed by atoms with van der Waals surface area (Å²) in [4.78, 5) is 20.7. The minimum Gasteiger partial charge on any atom is -0.478 e. The van der Waals surface area contributed by atoms with E-state index in [0.29, 0.717) is 5.56 Å². The van der Waals surface area contributed by atoms with Gasteiger partial charge in [-0.15, -0.1) is 0 Å². The van der Waals surface area contributed by atoms with Crippen LogP contribution in [0, 0.1) is 10.1 Å². The zero-order valence-corrected chi connectivity index (χ0v) is 8.29. The summed E-state index contributed by atoms with van der Waals surface area (Å²) in [6.45, 7) is 0.274. The molecule has 0 fully saturated rings. The molecule has 0 aliphatic rings. The van der Waals surface area contributed by atoms with Gasteiger partial charge in [0.2, 0.25) is 0 Å². The van der Waals surface area contributed by atoms with Gasteiger partial charge in [-0.1, -0.05) is 12.2 Å². The van der Waals surface area contributed by atoms with Gasteiger partial charge in [-0.3, -0.25) is 10.1 Å². The molecule has 1 aromatic rings. The van der Waals surface area contributed by atoms with Gasteiger partial charge in [-0.25, -0.2) is 4.79 Å². The Balaban J connectivity index is 3.24. The monoisotopic (exact) mass is 222 g/mol. The molecule has 0 spiro atoms. The standard InChI is InChI=1S/C10H10N2O4/c11-5-1-2-7-3-4-8(12(15)16)6-9(7)10(13)14/h1-4,6H,5,11H2,(H,13,14). The third-order valence-electron chi connectivity index (χ3n) is 1.91. The predicted octanol–water partition coefficient (Wildman–Crippen LogP) is 1.26. The van der Waals surface area contributed by atoms with Crippen molar-refractivity contribution in [2.45, 2.75) is 0 Å². The average molecular weight is 222 g/mol. The number of carboxylic acid groups (broad SMARTS) is 1. The molecule has 6 nitrogen and oxygen atoms in total. The fourth-order valence-corrected chi connectivity index (χ4v) is 1.18. The molecule has 0 saturated heterocycles. The SMILES string of the molecule is NCC=Cc1ccc([N+](=O)[O-])cc1C(=O)O. The number of non-ortho nitro benzene ring substituents is 1. The van der Waals surface area contributed by atoms with E-state index in [1.165, 1.54) is 18.2 Å². The summed E-state index contributed by atoms with van der Waals surface area (Å²) in [5.41, 5.74) is 5.27. The van der Waals surface area contributed by atoms with E-state index in [0.717, 1.165) is 6.07 Å². The number of nitro groups is 1.